The van der Waals surface area contributed by atoms with Gasteiger partial charge in [0.25, 0.3) is 0 Å². The van der Waals surface area contributed by atoms with Crippen molar-refractivity contribution in [2.45, 2.75) is 6.54 Å². The fraction of sp³-hybridized carbons (Fsp3) is 0.529. The molecule has 1 unspecified atom stereocenters. The highest BCUT2D eigenvalue weighted by Gasteiger charge is 2.26. The van der Waals surface area contributed by atoms with Crippen LogP contribution in [0.1, 0.15) is 5.82 Å². The summed E-state index contributed by atoms with van der Waals surface area (Å²) in [6.07, 6.45) is 0. The zero-order chi connectivity index (χ0) is 16.4. The predicted molar refractivity (Wildman–Crippen MR) is 91.0 cm³/mol. The first kappa shape index (κ1) is 16.0. The molecule has 3 rings (SSSR count). The normalized spacial score (nSPS) is 20.6. The number of rotatable bonds is 3. The van der Waals surface area contributed by atoms with Crippen molar-refractivity contribution in [2.75, 3.05) is 40.3 Å². The number of likely N-dealkylation sites (N-methyl/N-ethyl adjacent to an activating group) is 1. The molecule has 1 amide bonds. The van der Waals surface area contributed by atoms with Crippen molar-refractivity contribution in [1.29, 1.82) is 0 Å². The van der Waals surface area contributed by atoms with E-state index in [4.69, 9.17) is 4.98 Å². The largest absolute Gasteiger partial charge is 0.359 e. The van der Waals surface area contributed by atoms with Crippen LogP contribution in [0.4, 0.5) is 0 Å². The van der Waals surface area contributed by atoms with E-state index in [1.165, 1.54) is 0 Å². The summed E-state index contributed by atoms with van der Waals surface area (Å²) >= 11 is 0. The van der Waals surface area contributed by atoms with Crippen molar-refractivity contribution in [3.63, 3.8) is 0 Å². The smallest absolute Gasteiger partial charge is 0.225 e. The summed E-state index contributed by atoms with van der Waals surface area (Å²) in [6, 6.07) is 8.19. The molecule has 1 aromatic carbocycles. The number of para-hydroxylation sites is 2. The SMILES string of the molecule is CNC(=O)C1CN(C)CCN(Cc2nc3ccccc3n2C)C1. The Kier molecular flexibility index (Phi) is 4.63. The number of carbonyl (C=O) groups excluding carboxylic acids is 1. The van der Waals surface area contributed by atoms with Crippen LogP contribution in [-0.4, -0.2) is 65.5 Å². The molecular formula is C17H25N5O. The van der Waals surface area contributed by atoms with Gasteiger partial charge in [0, 0.05) is 40.3 Å². The van der Waals surface area contributed by atoms with Gasteiger partial charge in [-0.1, -0.05) is 12.1 Å². The molecule has 0 spiro atoms. The number of hydrogen-bond acceptors (Lipinski definition) is 4. The van der Waals surface area contributed by atoms with E-state index in [0.29, 0.717) is 0 Å². The zero-order valence-electron chi connectivity index (χ0n) is 14.1. The molecule has 0 aliphatic carbocycles. The number of fused-ring (bicyclic) bond motifs is 1. The molecule has 1 atom stereocenters. The number of aryl methyl sites for hydroxylation is 1. The quantitative estimate of drug-likeness (QED) is 0.905. The first-order valence-corrected chi connectivity index (χ1v) is 8.11. The Bertz CT molecular complexity index is 695. The lowest BCUT2D eigenvalue weighted by atomic mass is 10.1. The highest BCUT2D eigenvalue weighted by Crippen LogP contribution is 2.17. The topological polar surface area (TPSA) is 53.4 Å². The van der Waals surface area contributed by atoms with E-state index in [1.54, 1.807) is 7.05 Å². The van der Waals surface area contributed by atoms with Crippen LogP contribution in [0.25, 0.3) is 11.0 Å². The average Bonchev–Trinajstić information content (AvgIpc) is 2.74. The van der Waals surface area contributed by atoms with Gasteiger partial charge in [-0.25, -0.2) is 4.98 Å². The predicted octanol–water partition coefficient (Wildman–Crippen LogP) is 0.683. The van der Waals surface area contributed by atoms with Gasteiger partial charge in [0.15, 0.2) is 0 Å². The number of imidazole rings is 1. The van der Waals surface area contributed by atoms with Gasteiger partial charge in [-0.3, -0.25) is 9.69 Å². The molecule has 1 fully saturated rings. The Morgan fingerprint density at radius 1 is 1.26 bits per heavy atom. The van der Waals surface area contributed by atoms with Crippen LogP contribution in [0.15, 0.2) is 24.3 Å². The molecule has 0 radical (unpaired) electrons. The molecule has 1 N–H and O–H groups in total. The molecule has 124 valence electrons. The van der Waals surface area contributed by atoms with Crippen LogP contribution in [0.3, 0.4) is 0 Å². The number of nitrogens with zero attached hydrogens (tertiary/aromatic N) is 4. The second-order valence-electron chi connectivity index (χ2n) is 6.38. The van der Waals surface area contributed by atoms with Gasteiger partial charge >= 0.3 is 0 Å². The first-order valence-electron chi connectivity index (χ1n) is 8.11. The van der Waals surface area contributed by atoms with Crippen LogP contribution in [0.5, 0.6) is 0 Å². The Balaban J connectivity index is 1.79. The third kappa shape index (κ3) is 3.38. The van der Waals surface area contributed by atoms with Crippen LogP contribution in [0.2, 0.25) is 0 Å². The molecule has 1 aliphatic rings. The Morgan fingerprint density at radius 2 is 2.04 bits per heavy atom. The standard InChI is InChI=1S/C17H25N5O/c1-18-17(23)13-10-20(2)8-9-22(11-13)12-16-19-14-6-4-5-7-15(14)21(16)3/h4-7,13H,8-12H2,1-3H3,(H,18,23). The minimum Gasteiger partial charge on any atom is -0.359 e. The molecule has 2 heterocycles. The van der Waals surface area contributed by atoms with Gasteiger partial charge in [0.2, 0.25) is 5.91 Å². The van der Waals surface area contributed by atoms with E-state index in [2.05, 4.69) is 39.8 Å². The van der Waals surface area contributed by atoms with Crippen molar-refractivity contribution in [1.82, 2.24) is 24.7 Å². The lowest BCUT2D eigenvalue weighted by molar-refractivity contribution is -0.125. The first-order chi connectivity index (χ1) is 11.1. The lowest BCUT2D eigenvalue weighted by Crippen LogP contribution is -2.39. The van der Waals surface area contributed by atoms with Crippen molar-refractivity contribution >= 4 is 16.9 Å². The van der Waals surface area contributed by atoms with Crippen molar-refractivity contribution in [3.8, 4) is 0 Å². The van der Waals surface area contributed by atoms with E-state index >= 15 is 0 Å². The zero-order valence-corrected chi connectivity index (χ0v) is 14.1. The van der Waals surface area contributed by atoms with Crippen LogP contribution in [-0.2, 0) is 18.4 Å². The van der Waals surface area contributed by atoms with Crippen molar-refractivity contribution in [2.24, 2.45) is 13.0 Å². The van der Waals surface area contributed by atoms with Crippen molar-refractivity contribution in [3.05, 3.63) is 30.1 Å². The molecule has 6 nitrogen and oxygen atoms in total. The number of aromatic nitrogens is 2. The summed E-state index contributed by atoms with van der Waals surface area (Å²) in [4.78, 5) is 21.4. The fourth-order valence-corrected chi connectivity index (χ4v) is 3.29. The summed E-state index contributed by atoms with van der Waals surface area (Å²) in [6.45, 7) is 4.27. The second kappa shape index (κ2) is 6.68. The molecule has 1 aliphatic heterocycles. The summed E-state index contributed by atoms with van der Waals surface area (Å²) in [5.41, 5.74) is 2.18. The van der Waals surface area contributed by atoms with Crippen LogP contribution in [0, 0.1) is 5.92 Å². The summed E-state index contributed by atoms with van der Waals surface area (Å²) in [5, 5.41) is 2.79. The highest BCUT2D eigenvalue weighted by atomic mass is 16.1. The summed E-state index contributed by atoms with van der Waals surface area (Å²) in [5.74, 6) is 1.17. The van der Waals surface area contributed by atoms with Gasteiger partial charge < -0.3 is 14.8 Å². The number of carbonyl (C=O) groups is 1. The van der Waals surface area contributed by atoms with Crippen LogP contribution < -0.4 is 5.32 Å². The maximum absolute atomic E-state index is 12.1. The monoisotopic (exact) mass is 315 g/mol. The number of hydrogen-bond donors (Lipinski definition) is 1. The molecule has 6 heteroatoms. The third-order valence-corrected chi connectivity index (χ3v) is 4.67. The number of nitrogens with one attached hydrogen (secondary N) is 1. The molecule has 1 aromatic heterocycles. The van der Waals surface area contributed by atoms with E-state index in [9.17, 15) is 4.79 Å². The third-order valence-electron chi connectivity index (χ3n) is 4.67. The van der Waals surface area contributed by atoms with Crippen LogP contribution >= 0.6 is 0 Å². The van der Waals surface area contributed by atoms with E-state index < -0.39 is 0 Å². The minimum absolute atomic E-state index is 0.00202. The van der Waals surface area contributed by atoms with Gasteiger partial charge in [0.05, 0.1) is 23.5 Å². The maximum Gasteiger partial charge on any atom is 0.225 e. The van der Waals surface area contributed by atoms with Crippen molar-refractivity contribution < 1.29 is 4.79 Å². The summed E-state index contributed by atoms with van der Waals surface area (Å²) in [7, 11) is 5.85. The maximum atomic E-state index is 12.1. The van der Waals surface area contributed by atoms with Gasteiger partial charge in [-0.05, 0) is 19.2 Å². The van der Waals surface area contributed by atoms with E-state index in [-0.39, 0.29) is 11.8 Å². The molecule has 1 saturated heterocycles. The Hall–Kier alpha value is -1.92. The van der Waals surface area contributed by atoms with E-state index in [0.717, 1.165) is 49.6 Å². The minimum atomic E-state index is 0.00202. The molecule has 2 aromatic rings. The Morgan fingerprint density at radius 3 is 2.78 bits per heavy atom. The molecular weight excluding hydrogens is 290 g/mol. The van der Waals surface area contributed by atoms with Gasteiger partial charge in [0.1, 0.15) is 5.82 Å². The van der Waals surface area contributed by atoms with Gasteiger partial charge in [-0.15, -0.1) is 0 Å². The number of amides is 1. The van der Waals surface area contributed by atoms with E-state index in [1.807, 2.05) is 18.2 Å². The second-order valence-corrected chi connectivity index (χ2v) is 6.38. The highest BCUT2D eigenvalue weighted by molar-refractivity contribution is 5.79. The average molecular weight is 315 g/mol. The van der Waals surface area contributed by atoms with Gasteiger partial charge in [-0.2, -0.15) is 0 Å². The molecule has 0 bridgehead atoms. The lowest BCUT2D eigenvalue weighted by Gasteiger charge is -2.22. The number of benzene rings is 1. The molecule has 23 heavy (non-hydrogen) atoms. The summed E-state index contributed by atoms with van der Waals surface area (Å²) < 4.78 is 2.15. The molecule has 0 saturated carbocycles. The fourth-order valence-electron chi connectivity index (χ4n) is 3.29. The Labute approximate surface area is 137 Å².